The molecule has 0 saturated heterocycles. The van der Waals surface area contributed by atoms with E-state index in [0.29, 0.717) is 27.2 Å². The van der Waals surface area contributed by atoms with Crippen LogP contribution < -0.4 is 14.9 Å². The fraction of sp³-hybridized carbons (Fsp3) is 0.176. The molecule has 1 N–H and O–H groups in total. The molecule has 25 heavy (non-hydrogen) atoms. The Morgan fingerprint density at radius 1 is 1.16 bits per heavy atom. The lowest BCUT2D eigenvalue weighted by molar-refractivity contribution is -0.142. The van der Waals surface area contributed by atoms with E-state index in [1.807, 2.05) is 0 Å². The molecule has 2 aromatic rings. The second-order valence-corrected chi connectivity index (χ2v) is 5.61. The number of hydrogen-bond donors (Lipinski definition) is 1. The molecule has 0 bridgehead atoms. The molecule has 0 aliphatic heterocycles. The molecule has 132 valence electrons. The molecule has 0 radical (unpaired) electrons. The van der Waals surface area contributed by atoms with Crippen molar-refractivity contribution < 1.29 is 19.0 Å². The summed E-state index contributed by atoms with van der Waals surface area (Å²) in [6.45, 7) is -0.199. The Bertz CT molecular complexity index is 781. The molecule has 0 heterocycles. The zero-order valence-electron chi connectivity index (χ0n) is 13.6. The van der Waals surface area contributed by atoms with Crippen molar-refractivity contribution in [2.45, 2.75) is 0 Å². The van der Waals surface area contributed by atoms with Gasteiger partial charge < -0.3 is 14.2 Å². The van der Waals surface area contributed by atoms with Crippen LogP contribution in [0, 0.1) is 0 Å². The summed E-state index contributed by atoms with van der Waals surface area (Å²) in [6, 6.07) is 10.2. The average Bonchev–Trinajstić information content (AvgIpc) is 2.62. The van der Waals surface area contributed by atoms with Crippen LogP contribution in [0.15, 0.2) is 41.5 Å². The number of nitrogens with zero attached hydrogens (tertiary/aromatic N) is 1. The lowest BCUT2D eigenvalue weighted by Gasteiger charge is -2.10. The minimum atomic E-state index is -0.477. The molecule has 0 unspecified atom stereocenters. The van der Waals surface area contributed by atoms with Gasteiger partial charge in [-0.2, -0.15) is 5.10 Å². The highest BCUT2D eigenvalue weighted by Gasteiger charge is 2.08. The third-order valence-electron chi connectivity index (χ3n) is 3.09. The Balaban J connectivity index is 2.06. The highest BCUT2D eigenvalue weighted by Crippen LogP contribution is 2.28. The van der Waals surface area contributed by atoms with Gasteiger partial charge in [-0.05, 0) is 42.0 Å². The van der Waals surface area contributed by atoms with Crippen molar-refractivity contribution in [1.82, 2.24) is 0 Å². The molecule has 0 fully saturated rings. The fourth-order valence-electron chi connectivity index (χ4n) is 1.84. The molecule has 2 aromatic carbocycles. The first-order chi connectivity index (χ1) is 12.0. The van der Waals surface area contributed by atoms with Gasteiger partial charge in [-0.3, -0.25) is 5.43 Å². The van der Waals surface area contributed by atoms with Gasteiger partial charge in [-0.15, -0.1) is 0 Å². The topological polar surface area (TPSA) is 69.2 Å². The van der Waals surface area contributed by atoms with Crippen molar-refractivity contribution in [2.75, 3.05) is 26.3 Å². The monoisotopic (exact) mass is 382 g/mol. The van der Waals surface area contributed by atoms with Crippen LogP contribution in [0.1, 0.15) is 5.56 Å². The summed E-state index contributed by atoms with van der Waals surface area (Å²) < 4.78 is 15.1. The quantitative estimate of drug-likeness (QED) is 0.445. The zero-order chi connectivity index (χ0) is 18.2. The first-order valence-corrected chi connectivity index (χ1v) is 7.91. The van der Waals surface area contributed by atoms with Gasteiger partial charge in [0.05, 0.1) is 31.1 Å². The Morgan fingerprint density at radius 2 is 1.96 bits per heavy atom. The van der Waals surface area contributed by atoms with Gasteiger partial charge in [0.15, 0.2) is 18.1 Å². The molecule has 2 rings (SSSR count). The van der Waals surface area contributed by atoms with Crippen molar-refractivity contribution in [3.05, 3.63) is 52.0 Å². The van der Waals surface area contributed by atoms with E-state index >= 15 is 0 Å². The molecule has 0 atom stereocenters. The number of nitrogens with one attached hydrogen (secondary N) is 1. The number of benzene rings is 2. The third kappa shape index (κ3) is 5.55. The highest BCUT2D eigenvalue weighted by atomic mass is 35.5. The summed E-state index contributed by atoms with van der Waals surface area (Å²) in [5.41, 5.74) is 4.17. The summed E-state index contributed by atoms with van der Waals surface area (Å²) in [5, 5.41) is 5.17. The fourth-order valence-corrected chi connectivity index (χ4v) is 2.17. The molecule has 0 spiro atoms. The summed E-state index contributed by atoms with van der Waals surface area (Å²) >= 11 is 12.0. The van der Waals surface area contributed by atoms with E-state index < -0.39 is 5.97 Å². The van der Waals surface area contributed by atoms with Crippen LogP contribution in [0.5, 0.6) is 11.5 Å². The van der Waals surface area contributed by atoms with E-state index in [1.165, 1.54) is 14.2 Å². The lowest BCUT2D eigenvalue weighted by atomic mass is 10.2. The molecule has 6 nitrogen and oxygen atoms in total. The first-order valence-electron chi connectivity index (χ1n) is 7.15. The third-order valence-corrected chi connectivity index (χ3v) is 3.65. The summed E-state index contributed by atoms with van der Waals surface area (Å²) in [5.74, 6) is 0.417. The normalized spacial score (nSPS) is 10.6. The SMILES string of the molecule is COC(=O)COc1ccc(C=NNc2cc(Cl)ccc2Cl)cc1OC. The predicted molar refractivity (Wildman–Crippen MR) is 98.2 cm³/mol. The van der Waals surface area contributed by atoms with Crippen LogP contribution in [0.2, 0.25) is 10.0 Å². The van der Waals surface area contributed by atoms with Gasteiger partial charge in [0.2, 0.25) is 0 Å². The maximum absolute atomic E-state index is 11.1. The van der Waals surface area contributed by atoms with Crippen molar-refractivity contribution in [3.63, 3.8) is 0 Å². The number of esters is 1. The van der Waals surface area contributed by atoms with Gasteiger partial charge in [0.25, 0.3) is 0 Å². The van der Waals surface area contributed by atoms with E-state index in [2.05, 4.69) is 15.3 Å². The highest BCUT2D eigenvalue weighted by molar-refractivity contribution is 6.35. The van der Waals surface area contributed by atoms with Gasteiger partial charge in [-0.1, -0.05) is 23.2 Å². The van der Waals surface area contributed by atoms with E-state index in [-0.39, 0.29) is 6.61 Å². The number of hydrazone groups is 1. The minimum absolute atomic E-state index is 0.199. The first kappa shape index (κ1) is 18.9. The lowest BCUT2D eigenvalue weighted by Crippen LogP contribution is -2.13. The summed E-state index contributed by atoms with van der Waals surface area (Å²) in [4.78, 5) is 11.1. The summed E-state index contributed by atoms with van der Waals surface area (Å²) in [7, 11) is 2.80. The van der Waals surface area contributed by atoms with Crippen LogP contribution in [-0.4, -0.2) is 33.0 Å². The largest absolute Gasteiger partial charge is 0.493 e. The Hall–Kier alpha value is -2.44. The molecule has 0 aliphatic carbocycles. The number of rotatable bonds is 7. The minimum Gasteiger partial charge on any atom is -0.493 e. The van der Waals surface area contributed by atoms with E-state index in [0.717, 1.165) is 5.56 Å². The molecule has 0 aromatic heterocycles. The predicted octanol–water partition coefficient (Wildman–Crippen LogP) is 4.00. The standard InChI is InChI=1S/C17H16Cl2N2O4/c1-23-16-7-11(3-6-15(16)25-10-17(22)24-2)9-20-21-14-8-12(18)4-5-13(14)19/h3-9,21H,10H2,1-2H3. The van der Waals surface area contributed by atoms with Gasteiger partial charge in [-0.25, -0.2) is 4.79 Å². The van der Waals surface area contributed by atoms with Gasteiger partial charge >= 0.3 is 5.97 Å². The van der Waals surface area contributed by atoms with E-state index in [9.17, 15) is 4.79 Å². The Morgan fingerprint density at radius 3 is 2.68 bits per heavy atom. The summed E-state index contributed by atoms with van der Waals surface area (Å²) in [6.07, 6.45) is 1.59. The second-order valence-electron chi connectivity index (χ2n) is 4.77. The van der Waals surface area contributed by atoms with Crippen LogP contribution in [0.3, 0.4) is 0 Å². The Labute approximate surface area is 155 Å². The van der Waals surface area contributed by atoms with Crippen LogP contribution >= 0.6 is 23.2 Å². The van der Waals surface area contributed by atoms with Gasteiger partial charge in [0, 0.05) is 5.02 Å². The number of halogens is 2. The number of methoxy groups -OCH3 is 2. The number of hydrogen-bond acceptors (Lipinski definition) is 6. The number of carbonyl (C=O) groups excluding carboxylic acids is 1. The second kappa shape index (κ2) is 9.15. The van der Waals surface area contributed by atoms with Crippen LogP contribution in [0.4, 0.5) is 5.69 Å². The van der Waals surface area contributed by atoms with E-state index in [1.54, 1.807) is 42.6 Å². The Kier molecular flexibility index (Phi) is 6.91. The van der Waals surface area contributed by atoms with Crippen LogP contribution in [-0.2, 0) is 9.53 Å². The van der Waals surface area contributed by atoms with Crippen molar-refractivity contribution in [3.8, 4) is 11.5 Å². The number of anilines is 1. The molecular formula is C17H16Cl2N2O4. The zero-order valence-corrected chi connectivity index (χ0v) is 15.1. The molecule has 8 heteroatoms. The number of ether oxygens (including phenoxy) is 3. The van der Waals surface area contributed by atoms with Crippen molar-refractivity contribution in [2.24, 2.45) is 5.10 Å². The number of carbonyl (C=O) groups is 1. The molecule has 0 amide bonds. The smallest absolute Gasteiger partial charge is 0.343 e. The molecule has 0 aliphatic rings. The molecular weight excluding hydrogens is 367 g/mol. The van der Waals surface area contributed by atoms with Crippen molar-refractivity contribution >= 4 is 41.1 Å². The van der Waals surface area contributed by atoms with Crippen molar-refractivity contribution in [1.29, 1.82) is 0 Å². The van der Waals surface area contributed by atoms with E-state index in [4.69, 9.17) is 32.7 Å². The van der Waals surface area contributed by atoms with Crippen LogP contribution in [0.25, 0.3) is 0 Å². The maximum Gasteiger partial charge on any atom is 0.343 e. The molecule has 0 saturated carbocycles. The van der Waals surface area contributed by atoms with Gasteiger partial charge in [0.1, 0.15) is 0 Å². The maximum atomic E-state index is 11.1. The average molecular weight is 383 g/mol.